The van der Waals surface area contributed by atoms with Gasteiger partial charge in [0, 0.05) is 33.1 Å². The van der Waals surface area contributed by atoms with Crippen LogP contribution in [0.25, 0.3) is 11.1 Å². The molecule has 7 nitrogen and oxygen atoms in total. The number of ether oxygens (including phenoxy) is 1. The van der Waals surface area contributed by atoms with Gasteiger partial charge in [-0.2, -0.15) is 0 Å². The molecule has 0 spiro atoms. The molecule has 0 atom stereocenters. The molecule has 0 saturated carbocycles. The number of Topliss-reactive ketones (excluding diaryl/α,β-unsaturated/α-hetero) is 1. The average molecular weight is 564 g/mol. The van der Waals surface area contributed by atoms with Gasteiger partial charge in [-0.05, 0) is 42.0 Å². The summed E-state index contributed by atoms with van der Waals surface area (Å²) < 4.78 is 30.7. The lowest BCUT2D eigenvalue weighted by molar-refractivity contribution is 0.0992. The fraction of sp³-hybridized carbons (Fsp3) is 0.0370. The molecule has 4 rings (SSSR count). The van der Waals surface area contributed by atoms with Crippen LogP contribution in [0.15, 0.2) is 100 Å². The summed E-state index contributed by atoms with van der Waals surface area (Å²) in [5.41, 5.74) is 8.35. The van der Waals surface area contributed by atoms with Crippen LogP contribution in [0.1, 0.15) is 21.5 Å². The number of nitrogen functional groups attached to an aromatic ring is 1. The van der Waals surface area contributed by atoms with Crippen LogP contribution in [-0.4, -0.2) is 20.0 Å². The van der Waals surface area contributed by atoms with Crippen molar-refractivity contribution >= 4 is 37.6 Å². The molecule has 0 fully saturated rings. The molecule has 36 heavy (non-hydrogen) atoms. The lowest BCUT2D eigenvalue weighted by Gasteiger charge is -2.13. The molecule has 0 heterocycles. The van der Waals surface area contributed by atoms with Gasteiger partial charge in [0.2, 0.25) is 10.0 Å². The van der Waals surface area contributed by atoms with Gasteiger partial charge in [-0.25, -0.2) is 13.6 Å². The summed E-state index contributed by atoms with van der Waals surface area (Å²) in [5.74, 6) is 0.797. The number of carbonyl (C=O) groups excluding carboxylic acids is 1. The van der Waals surface area contributed by atoms with Crippen molar-refractivity contribution in [3.8, 4) is 22.6 Å². The van der Waals surface area contributed by atoms with Crippen LogP contribution in [0, 0.1) is 5.41 Å². The van der Waals surface area contributed by atoms with Gasteiger partial charge in [0.1, 0.15) is 17.3 Å². The molecule has 0 unspecified atom stereocenters. The first-order valence-corrected chi connectivity index (χ1v) is 13.1. The Morgan fingerprint density at radius 1 is 0.889 bits per heavy atom. The van der Waals surface area contributed by atoms with Crippen LogP contribution in [0.4, 0.5) is 0 Å². The molecule has 0 aliphatic rings. The van der Waals surface area contributed by atoms with E-state index in [-0.39, 0.29) is 22.9 Å². The highest BCUT2D eigenvalue weighted by Gasteiger charge is 2.16. The van der Waals surface area contributed by atoms with Crippen molar-refractivity contribution in [2.24, 2.45) is 10.9 Å². The predicted molar refractivity (Wildman–Crippen MR) is 143 cm³/mol. The Bertz CT molecular complexity index is 1570. The number of carbonyl (C=O) groups is 1. The van der Waals surface area contributed by atoms with E-state index in [0.29, 0.717) is 39.3 Å². The average Bonchev–Trinajstić information content (AvgIpc) is 2.85. The van der Waals surface area contributed by atoms with Gasteiger partial charge in [-0.1, -0.05) is 70.5 Å². The van der Waals surface area contributed by atoms with Crippen LogP contribution < -0.4 is 15.6 Å². The number of halogens is 1. The minimum absolute atomic E-state index is 0.0221. The van der Waals surface area contributed by atoms with E-state index in [1.807, 2.05) is 12.1 Å². The molecular formula is C27H22BrN3O4S. The third-order valence-corrected chi connectivity index (χ3v) is 6.92. The molecule has 0 amide bonds. The van der Waals surface area contributed by atoms with E-state index in [1.54, 1.807) is 72.8 Å². The van der Waals surface area contributed by atoms with Crippen molar-refractivity contribution in [2.75, 3.05) is 0 Å². The molecule has 0 bridgehead atoms. The van der Waals surface area contributed by atoms with E-state index in [1.165, 1.54) is 6.07 Å². The predicted octanol–water partition coefficient (Wildman–Crippen LogP) is 5.27. The van der Waals surface area contributed by atoms with Gasteiger partial charge < -0.3 is 10.5 Å². The smallest absolute Gasteiger partial charge is 0.238 e. The zero-order valence-electron chi connectivity index (χ0n) is 18.9. The van der Waals surface area contributed by atoms with Crippen LogP contribution in [0.3, 0.4) is 0 Å². The van der Waals surface area contributed by atoms with Crippen molar-refractivity contribution < 1.29 is 17.9 Å². The van der Waals surface area contributed by atoms with Gasteiger partial charge in [-0.15, -0.1) is 0 Å². The number of rotatable bonds is 8. The summed E-state index contributed by atoms with van der Waals surface area (Å²) in [5, 5.41) is 13.0. The summed E-state index contributed by atoms with van der Waals surface area (Å²) in [4.78, 5) is 13.1. The number of hydrogen-bond acceptors (Lipinski definition) is 5. The van der Waals surface area contributed by atoms with Gasteiger partial charge in [0.15, 0.2) is 5.78 Å². The largest absolute Gasteiger partial charge is 0.457 e. The summed E-state index contributed by atoms with van der Waals surface area (Å²) >= 11 is 3.45. The minimum Gasteiger partial charge on any atom is -0.457 e. The summed E-state index contributed by atoms with van der Waals surface area (Å²) in [6.45, 7) is 0. The minimum atomic E-state index is -3.90. The van der Waals surface area contributed by atoms with Crippen LogP contribution >= 0.6 is 15.9 Å². The summed E-state index contributed by atoms with van der Waals surface area (Å²) in [7, 11) is -3.90. The normalized spacial score (nSPS) is 11.2. The molecule has 0 saturated heterocycles. The van der Waals surface area contributed by atoms with Crippen molar-refractivity contribution in [2.45, 2.75) is 11.3 Å². The first-order valence-electron chi connectivity index (χ1n) is 10.8. The third-order valence-electron chi connectivity index (χ3n) is 5.46. The first kappa shape index (κ1) is 25.3. The molecule has 0 aliphatic heterocycles. The molecule has 0 aliphatic carbocycles. The maximum atomic E-state index is 13.1. The fourth-order valence-corrected chi connectivity index (χ4v) is 4.87. The second kappa shape index (κ2) is 10.4. The van der Waals surface area contributed by atoms with Gasteiger partial charge >= 0.3 is 0 Å². The quantitative estimate of drug-likeness (QED) is 0.152. The second-order valence-electron chi connectivity index (χ2n) is 8.01. The SMILES string of the molecule is N=C(N)c1cccc(Oc2ccc(Br)cc2CC(=O)c2ccc(-c3ccccc3S(N)(=O)=O)cc2)c1. The Hall–Kier alpha value is -3.79. The summed E-state index contributed by atoms with van der Waals surface area (Å²) in [6, 6.07) is 25.4. The molecule has 5 N–H and O–H groups in total. The third kappa shape index (κ3) is 5.88. The summed E-state index contributed by atoms with van der Waals surface area (Å²) in [6.07, 6.45) is 0.0777. The highest BCUT2D eigenvalue weighted by Crippen LogP contribution is 2.31. The molecule has 9 heteroatoms. The number of nitrogens with two attached hydrogens (primary N) is 2. The van der Waals surface area contributed by atoms with E-state index in [4.69, 9.17) is 21.0 Å². The maximum Gasteiger partial charge on any atom is 0.238 e. The zero-order chi connectivity index (χ0) is 25.9. The molecule has 4 aromatic carbocycles. The lowest BCUT2D eigenvalue weighted by atomic mass is 9.99. The molecule has 182 valence electrons. The molecule has 4 aromatic rings. The van der Waals surface area contributed by atoms with E-state index in [0.717, 1.165) is 4.47 Å². The van der Waals surface area contributed by atoms with E-state index < -0.39 is 10.0 Å². The van der Waals surface area contributed by atoms with Crippen LogP contribution in [0.5, 0.6) is 11.5 Å². The Labute approximate surface area is 217 Å². The zero-order valence-corrected chi connectivity index (χ0v) is 21.3. The van der Waals surface area contributed by atoms with Gasteiger partial charge in [-0.3, -0.25) is 10.2 Å². The fourth-order valence-electron chi connectivity index (χ4n) is 3.70. The number of hydrogen-bond donors (Lipinski definition) is 3. The highest BCUT2D eigenvalue weighted by molar-refractivity contribution is 9.10. The molecular weight excluding hydrogens is 542 g/mol. The van der Waals surface area contributed by atoms with Crippen LogP contribution in [-0.2, 0) is 16.4 Å². The Morgan fingerprint density at radius 2 is 1.61 bits per heavy atom. The second-order valence-corrected chi connectivity index (χ2v) is 10.5. The number of sulfonamides is 1. The van der Waals surface area contributed by atoms with Crippen molar-refractivity contribution in [1.82, 2.24) is 0 Å². The molecule has 0 radical (unpaired) electrons. The first-order chi connectivity index (χ1) is 17.1. The van der Waals surface area contributed by atoms with E-state index in [2.05, 4.69) is 15.9 Å². The van der Waals surface area contributed by atoms with Gasteiger partial charge in [0.25, 0.3) is 0 Å². The number of nitrogens with one attached hydrogen (secondary N) is 1. The Kier molecular flexibility index (Phi) is 7.35. The van der Waals surface area contributed by atoms with Crippen LogP contribution in [0.2, 0.25) is 0 Å². The molecule has 0 aromatic heterocycles. The number of benzene rings is 4. The van der Waals surface area contributed by atoms with Crippen molar-refractivity contribution in [3.63, 3.8) is 0 Å². The Balaban J connectivity index is 1.58. The Morgan fingerprint density at radius 3 is 2.31 bits per heavy atom. The van der Waals surface area contributed by atoms with Gasteiger partial charge in [0.05, 0.1) is 4.90 Å². The van der Waals surface area contributed by atoms with E-state index >= 15 is 0 Å². The number of amidine groups is 1. The number of primary sulfonamides is 1. The maximum absolute atomic E-state index is 13.1. The standard InChI is InChI=1S/C27H22BrN3O4S/c28-21-12-13-25(35-22-5-3-4-19(15-22)27(29)30)20(14-21)16-24(32)18-10-8-17(9-11-18)23-6-1-2-7-26(23)36(31,33)34/h1-15H,16H2,(H3,29,30)(H2,31,33,34). The van der Waals surface area contributed by atoms with Crippen molar-refractivity contribution in [3.05, 3.63) is 112 Å². The number of ketones is 1. The van der Waals surface area contributed by atoms with E-state index in [9.17, 15) is 13.2 Å². The monoisotopic (exact) mass is 563 g/mol. The highest BCUT2D eigenvalue weighted by atomic mass is 79.9. The lowest BCUT2D eigenvalue weighted by Crippen LogP contribution is -2.13. The topological polar surface area (TPSA) is 136 Å². The van der Waals surface area contributed by atoms with Crippen molar-refractivity contribution in [1.29, 1.82) is 5.41 Å².